The first kappa shape index (κ1) is 71.5. The number of nitrogens with zero attached hydrogens (tertiary/aromatic N) is 8. The van der Waals surface area contributed by atoms with E-state index < -0.39 is 0 Å². The fourth-order valence-corrected chi connectivity index (χ4v) is 18.9. The molecule has 22 aromatic rings. The summed E-state index contributed by atoms with van der Waals surface area (Å²) in [5.41, 5.74) is 36.6. The number of hydrogen-bond donors (Lipinski definition) is 0. The van der Waals surface area contributed by atoms with Crippen LogP contribution in [0.5, 0.6) is 0 Å². The number of aryl methyl sites for hydroxylation is 4. The maximum atomic E-state index is 12.2. The van der Waals surface area contributed by atoms with Crippen LogP contribution in [-0.2, 0) is 6.42 Å². The van der Waals surface area contributed by atoms with E-state index in [4.69, 9.17) is 0 Å². The maximum Gasteiger partial charge on any atom is 0.104 e. The highest BCUT2D eigenvalue weighted by Crippen LogP contribution is 2.47. The molecule has 0 radical (unpaired) electrons. The van der Waals surface area contributed by atoms with E-state index >= 15 is 0 Å². The fourth-order valence-electron chi connectivity index (χ4n) is 18.9. The maximum absolute atomic E-state index is 12.2. The van der Waals surface area contributed by atoms with Crippen molar-refractivity contribution in [2.24, 2.45) is 0 Å². The predicted octanol–water partition coefficient (Wildman–Crippen LogP) is 28.8. The normalized spacial score (nSPS) is 11.7. The number of rotatable bonds is 14. The number of hydrogen-bond acceptors (Lipinski definition) is 4. The lowest BCUT2D eigenvalue weighted by Crippen LogP contribution is -2.05. The van der Waals surface area contributed by atoms with Crippen LogP contribution in [0, 0.1) is 50.4 Å². The van der Waals surface area contributed by atoms with E-state index in [-0.39, 0.29) is 0 Å². The highest BCUT2D eigenvalue weighted by molar-refractivity contribution is 6.16. The van der Waals surface area contributed by atoms with E-state index in [2.05, 4.69) is 420 Å². The van der Waals surface area contributed by atoms with Crippen LogP contribution < -0.4 is 0 Å². The summed E-state index contributed by atoms with van der Waals surface area (Å²) in [6.07, 6.45) is 8.04. The number of pyridine rings is 2. The molecule has 6 heterocycles. The molecule has 0 fully saturated rings. The van der Waals surface area contributed by atoms with Crippen LogP contribution in [0.4, 0.5) is 0 Å². The minimum atomic E-state index is 0.542. The third-order valence-corrected chi connectivity index (χ3v) is 24.7. The first-order chi connectivity index (χ1) is 59.5. The first-order valence-corrected chi connectivity index (χ1v) is 41.2. The zero-order valence-corrected chi connectivity index (χ0v) is 67.1. The van der Waals surface area contributed by atoms with Gasteiger partial charge in [-0.1, -0.05) is 253 Å². The van der Waals surface area contributed by atoms with Gasteiger partial charge in [0.1, 0.15) is 23.3 Å². The minimum Gasteiger partial charge on any atom is -0.308 e. The van der Waals surface area contributed by atoms with Crippen LogP contribution in [0.1, 0.15) is 44.5 Å². The molecule has 121 heavy (non-hydrogen) atoms. The quantitative estimate of drug-likeness (QED) is 0.108. The number of benzene rings is 16. The van der Waals surface area contributed by atoms with Crippen LogP contribution in [0.15, 0.2) is 377 Å². The van der Waals surface area contributed by atoms with E-state index in [1.807, 2.05) is 24.8 Å². The molecule has 0 amide bonds. The molecule has 0 unspecified atom stereocenters. The van der Waals surface area contributed by atoms with Gasteiger partial charge >= 0.3 is 0 Å². The van der Waals surface area contributed by atoms with Gasteiger partial charge in [0, 0.05) is 67.9 Å². The Balaban J connectivity index is 0.685. The molecule has 6 aromatic heterocycles. The van der Waals surface area contributed by atoms with Gasteiger partial charge < -0.3 is 18.3 Å². The van der Waals surface area contributed by atoms with Crippen LogP contribution in [-0.4, -0.2) is 28.2 Å². The predicted molar refractivity (Wildman–Crippen MR) is 501 cm³/mol. The second-order valence-corrected chi connectivity index (χ2v) is 32.3. The number of para-hydroxylation sites is 2. The van der Waals surface area contributed by atoms with Crippen molar-refractivity contribution in [3.05, 3.63) is 421 Å². The Morgan fingerprint density at radius 3 is 1.02 bits per heavy atom. The van der Waals surface area contributed by atoms with Crippen molar-refractivity contribution in [2.75, 3.05) is 0 Å². The minimum absolute atomic E-state index is 0.542. The van der Waals surface area contributed by atoms with E-state index in [9.17, 15) is 10.5 Å². The summed E-state index contributed by atoms with van der Waals surface area (Å²) in [6.45, 7) is 8.59. The number of fused-ring (bicyclic) bond motifs is 12. The summed E-state index contributed by atoms with van der Waals surface area (Å²) in [5, 5.41) is 33.0. The lowest BCUT2D eigenvalue weighted by molar-refractivity contribution is 1.12. The molecule has 0 spiro atoms. The smallest absolute Gasteiger partial charge is 0.104 e. The highest BCUT2D eigenvalue weighted by atomic mass is 15.0. The largest absolute Gasteiger partial charge is 0.308 e. The second-order valence-electron chi connectivity index (χ2n) is 32.3. The third kappa shape index (κ3) is 12.3. The van der Waals surface area contributed by atoms with Crippen molar-refractivity contribution < 1.29 is 0 Å². The Hall–Kier alpha value is -16.0. The summed E-state index contributed by atoms with van der Waals surface area (Å²) in [4.78, 5) is 8.96. The van der Waals surface area contributed by atoms with Crippen molar-refractivity contribution in [2.45, 2.75) is 34.1 Å². The van der Waals surface area contributed by atoms with Crippen LogP contribution in [0.2, 0.25) is 0 Å². The van der Waals surface area contributed by atoms with Crippen molar-refractivity contribution in [3.8, 4) is 124 Å². The zero-order valence-electron chi connectivity index (χ0n) is 67.1. The van der Waals surface area contributed by atoms with Crippen LogP contribution in [0.25, 0.3) is 199 Å². The standard InChI is InChI=1S/C113H76N8/c1-70-27-30-76(31-28-70)86-32-39-94-92-23-8-10-25-102(92)120(108(94)62-86)112-66-89(78-47-51-117-52-48-78)67-113(101(112)69-115)121-103-26-11-9-24-93(103)95-40-33-87(63-109(95)121)91-38-29-73(4)55-90(91)57-74-17-14-22-81(56-74)85-37-44-107-99(61-85)98-60-84(80-21-13-16-72(3)54-80)36-43-106(98)119(107)111-65-88(77-45-49-116-50-46-77)64-110(100(111)68-114)118-104-41-34-82(75-18-6-5-7-19-75)58-96(104)97-59-83(35-42-105(97)118)79-20-12-15-71(2)53-79/h5-56,58-67H,57H2,1-4H3. The summed E-state index contributed by atoms with van der Waals surface area (Å²) in [6, 6.07) is 133. The first-order valence-electron chi connectivity index (χ1n) is 41.2. The molecule has 0 N–H and O–H groups in total. The van der Waals surface area contributed by atoms with E-state index in [1.165, 1.54) is 33.4 Å². The molecule has 0 aliphatic carbocycles. The van der Waals surface area contributed by atoms with Gasteiger partial charge in [-0.05, 0) is 256 Å². The lowest BCUT2D eigenvalue weighted by atomic mass is 9.91. The molecule has 0 aliphatic heterocycles. The lowest BCUT2D eigenvalue weighted by Gasteiger charge is -2.19. The van der Waals surface area contributed by atoms with Gasteiger partial charge in [0.05, 0.1) is 66.9 Å². The summed E-state index contributed by atoms with van der Waals surface area (Å²) in [5.74, 6) is 0. The molecule has 0 aliphatic rings. The molecule has 0 saturated heterocycles. The molecule has 22 rings (SSSR count). The third-order valence-electron chi connectivity index (χ3n) is 24.7. The number of nitriles is 2. The zero-order chi connectivity index (χ0) is 81.1. The van der Waals surface area contributed by atoms with E-state index in [1.54, 1.807) is 0 Å². The van der Waals surface area contributed by atoms with Crippen LogP contribution in [0.3, 0.4) is 0 Å². The van der Waals surface area contributed by atoms with Crippen molar-refractivity contribution in [1.29, 1.82) is 10.5 Å². The molecule has 568 valence electrons. The molecule has 0 atom stereocenters. The number of aromatic nitrogens is 6. The molecule has 16 aromatic carbocycles. The van der Waals surface area contributed by atoms with Gasteiger partial charge in [-0.25, -0.2) is 0 Å². The van der Waals surface area contributed by atoms with Crippen LogP contribution >= 0.6 is 0 Å². The molecular formula is C113H76N8. The Labute approximate surface area is 700 Å². The van der Waals surface area contributed by atoms with Gasteiger partial charge in [0.25, 0.3) is 0 Å². The Morgan fingerprint density at radius 1 is 0.223 bits per heavy atom. The SMILES string of the molecule is Cc1ccc(-c2ccc3c4ccccc4n(-c4cc(-c5ccncc5)cc(-n5c6ccccc6c6ccc(-c7ccc(C)cc7Cc7cccc(-c8ccc9c(c8)c8cc(-c%10cccc(C)c%10)ccc8n9-c8cc(-c9ccncc9)cc(-n9c%10ccc(-c%11ccccc%11)cc%10c%10cc(-c%11cccc(C)c%11)ccc%109)c8C#N)c7)cc65)c4C#N)c3c2)cc1. The average molecular weight is 1550 g/mol. The Bertz CT molecular complexity index is 8100. The van der Waals surface area contributed by atoms with Gasteiger partial charge in [-0.15, -0.1) is 0 Å². The monoisotopic (exact) mass is 1540 g/mol. The molecule has 8 heteroatoms. The fraction of sp³-hybridized carbons (Fsp3) is 0.0442. The topological polar surface area (TPSA) is 93.1 Å². The summed E-state index contributed by atoms with van der Waals surface area (Å²) >= 11 is 0. The molecule has 8 nitrogen and oxygen atoms in total. The Kier molecular flexibility index (Phi) is 17.2. The van der Waals surface area contributed by atoms with Gasteiger partial charge in [-0.3, -0.25) is 9.97 Å². The van der Waals surface area contributed by atoms with Gasteiger partial charge in [0.2, 0.25) is 0 Å². The molecule has 0 saturated carbocycles. The van der Waals surface area contributed by atoms with E-state index in [0.29, 0.717) is 17.5 Å². The second kappa shape index (κ2) is 29.0. The average Bonchev–Trinajstić information content (AvgIpc) is 1.58. The summed E-state index contributed by atoms with van der Waals surface area (Å²) < 4.78 is 9.29. The van der Waals surface area contributed by atoms with Crippen molar-refractivity contribution in [3.63, 3.8) is 0 Å². The van der Waals surface area contributed by atoms with E-state index in [0.717, 1.165) is 199 Å². The van der Waals surface area contributed by atoms with Crippen molar-refractivity contribution in [1.82, 2.24) is 28.2 Å². The van der Waals surface area contributed by atoms with Gasteiger partial charge in [-0.2, -0.15) is 10.5 Å². The Morgan fingerprint density at radius 2 is 0.554 bits per heavy atom. The molecule has 0 bridgehead atoms. The highest BCUT2D eigenvalue weighted by Gasteiger charge is 2.28. The van der Waals surface area contributed by atoms with Crippen molar-refractivity contribution >= 4 is 87.2 Å². The van der Waals surface area contributed by atoms with Gasteiger partial charge in [0.15, 0.2) is 0 Å². The summed E-state index contributed by atoms with van der Waals surface area (Å²) in [7, 11) is 0. The molecular weight excluding hydrogens is 1470 g/mol.